The maximum absolute atomic E-state index is 9.63. The van der Waals surface area contributed by atoms with Crippen molar-refractivity contribution in [1.29, 1.82) is 0 Å². The molecule has 146 valence electrons. The van der Waals surface area contributed by atoms with E-state index in [1.54, 1.807) is 0 Å². The minimum Gasteiger partial charge on any atom is -0.396 e. The average molecular weight is 377 g/mol. The lowest BCUT2D eigenvalue weighted by Gasteiger charge is -2.19. The van der Waals surface area contributed by atoms with Crippen LogP contribution in [0, 0.1) is 25.7 Å². The fourth-order valence-electron chi connectivity index (χ4n) is 4.30. The third kappa shape index (κ3) is 3.81. The monoisotopic (exact) mass is 376 g/mol. The highest BCUT2D eigenvalue weighted by Crippen LogP contribution is 2.30. The van der Waals surface area contributed by atoms with Crippen molar-refractivity contribution >= 4 is 10.9 Å². The number of benzene rings is 2. The molecule has 0 saturated carbocycles. The molecule has 2 N–H and O–H groups in total. The highest BCUT2D eigenvalue weighted by atomic mass is 16.3. The van der Waals surface area contributed by atoms with Crippen molar-refractivity contribution in [2.75, 3.05) is 26.3 Å². The third-order valence-corrected chi connectivity index (χ3v) is 5.86. The molecule has 0 spiro atoms. The zero-order chi connectivity index (χ0) is 19.7. The van der Waals surface area contributed by atoms with Gasteiger partial charge < -0.3 is 10.2 Å². The first-order valence-corrected chi connectivity index (χ1v) is 9.98. The zero-order valence-electron chi connectivity index (χ0n) is 16.6. The molecule has 4 nitrogen and oxygen atoms in total. The number of nitrogens with zero attached hydrogens (tertiary/aromatic N) is 2. The predicted octanol–water partition coefficient (Wildman–Crippen LogP) is 3.55. The highest BCUT2D eigenvalue weighted by molar-refractivity contribution is 5.84. The minimum absolute atomic E-state index is 0.127. The van der Waals surface area contributed by atoms with E-state index in [0.717, 1.165) is 41.8 Å². The normalized spacial score (nSPS) is 20.1. The predicted molar refractivity (Wildman–Crippen MR) is 113 cm³/mol. The molecule has 4 rings (SSSR count). The molecule has 2 aromatic carbocycles. The van der Waals surface area contributed by atoms with Crippen LogP contribution in [0.15, 0.2) is 48.5 Å². The van der Waals surface area contributed by atoms with Crippen LogP contribution in [0.25, 0.3) is 22.2 Å². The molecule has 0 unspecified atom stereocenters. The van der Waals surface area contributed by atoms with Gasteiger partial charge in [0, 0.05) is 55.6 Å². The Bertz CT molecular complexity index is 974. The van der Waals surface area contributed by atoms with E-state index in [0.29, 0.717) is 0 Å². The Hall–Kier alpha value is -2.27. The minimum atomic E-state index is 0.127. The number of fused-ring (bicyclic) bond motifs is 1. The summed E-state index contributed by atoms with van der Waals surface area (Å²) in [7, 11) is 0. The number of aliphatic hydroxyl groups is 2. The molecule has 2 heterocycles. The lowest BCUT2D eigenvalue weighted by molar-refractivity contribution is 0.152. The molecule has 1 saturated heterocycles. The number of aryl methyl sites for hydroxylation is 2. The van der Waals surface area contributed by atoms with Crippen molar-refractivity contribution in [2.24, 2.45) is 11.8 Å². The summed E-state index contributed by atoms with van der Waals surface area (Å²) in [5, 5.41) is 20.4. The second-order valence-corrected chi connectivity index (χ2v) is 8.14. The van der Waals surface area contributed by atoms with Crippen LogP contribution in [-0.4, -0.2) is 46.4 Å². The Kier molecular flexibility index (Phi) is 5.44. The van der Waals surface area contributed by atoms with Crippen LogP contribution in [-0.2, 0) is 6.54 Å². The fourth-order valence-corrected chi connectivity index (χ4v) is 4.30. The molecule has 4 heteroatoms. The lowest BCUT2D eigenvalue weighted by atomic mass is 9.98. The van der Waals surface area contributed by atoms with Crippen molar-refractivity contribution in [1.82, 2.24) is 9.88 Å². The lowest BCUT2D eigenvalue weighted by Crippen LogP contribution is -2.21. The second kappa shape index (κ2) is 8.00. The Morgan fingerprint density at radius 1 is 0.929 bits per heavy atom. The summed E-state index contributed by atoms with van der Waals surface area (Å²) in [6, 6.07) is 17.1. The maximum atomic E-state index is 9.63. The van der Waals surface area contributed by atoms with Crippen molar-refractivity contribution < 1.29 is 10.2 Å². The fraction of sp³-hybridized carbons (Fsp3) is 0.375. The zero-order valence-corrected chi connectivity index (χ0v) is 16.6. The number of hydrogen-bond acceptors (Lipinski definition) is 4. The Morgan fingerprint density at radius 3 is 2.32 bits per heavy atom. The van der Waals surface area contributed by atoms with Crippen LogP contribution in [0.5, 0.6) is 0 Å². The SMILES string of the molecule is Cc1cccc(-c2nc3cc(C)ccc3cc2CN2C[C@@H](CO)[C@H](CO)C2)c1. The van der Waals surface area contributed by atoms with Gasteiger partial charge in [-0.2, -0.15) is 0 Å². The van der Waals surface area contributed by atoms with Gasteiger partial charge in [0.1, 0.15) is 0 Å². The van der Waals surface area contributed by atoms with Gasteiger partial charge in [0.15, 0.2) is 0 Å². The number of rotatable bonds is 5. The standard InChI is InChI=1S/C24H28N2O2/c1-16-4-3-5-19(8-16)24-20(10-18-7-6-17(2)9-23(18)25-24)11-26-12-21(14-27)22(13-26)15-28/h3-10,21-22,27-28H,11-15H2,1-2H3/t21-,22-/m0/s1. The molecule has 28 heavy (non-hydrogen) atoms. The first kappa shape index (κ1) is 19.1. The summed E-state index contributed by atoms with van der Waals surface area (Å²) in [4.78, 5) is 7.37. The molecule has 0 amide bonds. The Morgan fingerprint density at radius 2 is 1.64 bits per heavy atom. The van der Waals surface area contributed by atoms with Crippen molar-refractivity contribution in [3.05, 3.63) is 65.2 Å². The van der Waals surface area contributed by atoms with Crippen LogP contribution in [0.2, 0.25) is 0 Å². The quantitative estimate of drug-likeness (QED) is 0.715. The summed E-state index contributed by atoms with van der Waals surface area (Å²) in [6.07, 6.45) is 0. The largest absolute Gasteiger partial charge is 0.396 e. The van der Waals surface area contributed by atoms with Crippen LogP contribution in [0.1, 0.15) is 16.7 Å². The van der Waals surface area contributed by atoms with E-state index in [9.17, 15) is 10.2 Å². The number of aromatic nitrogens is 1. The van der Waals surface area contributed by atoms with Gasteiger partial charge in [-0.3, -0.25) is 4.90 Å². The van der Waals surface area contributed by atoms with E-state index in [2.05, 4.69) is 67.3 Å². The summed E-state index contributed by atoms with van der Waals surface area (Å²) in [6.45, 7) is 6.83. The van der Waals surface area contributed by atoms with Crippen molar-refractivity contribution in [2.45, 2.75) is 20.4 Å². The molecule has 3 aromatic rings. The van der Waals surface area contributed by atoms with E-state index in [1.807, 2.05) is 0 Å². The third-order valence-electron chi connectivity index (χ3n) is 5.86. The second-order valence-electron chi connectivity index (χ2n) is 8.14. The van der Waals surface area contributed by atoms with E-state index in [4.69, 9.17) is 4.98 Å². The van der Waals surface area contributed by atoms with Crippen molar-refractivity contribution in [3.8, 4) is 11.3 Å². The van der Waals surface area contributed by atoms with E-state index in [-0.39, 0.29) is 25.0 Å². The molecular formula is C24H28N2O2. The van der Waals surface area contributed by atoms with Gasteiger partial charge in [-0.25, -0.2) is 4.98 Å². The van der Waals surface area contributed by atoms with E-state index >= 15 is 0 Å². The molecule has 0 bridgehead atoms. The molecule has 0 aliphatic carbocycles. The molecule has 1 aliphatic heterocycles. The Balaban J connectivity index is 1.75. The van der Waals surface area contributed by atoms with Crippen LogP contribution >= 0.6 is 0 Å². The molecule has 1 aliphatic rings. The molecule has 1 fully saturated rings. The topological polar surface area (TPSA) is 56.6 Å². The summed E-state index contributed by atoms with van der Waals surface area (Å²) >= 11 is 0. The van der Waals surface area contributed by atoms with Crippen molar-refractivity contribution in [3.63, 3.8) is 0 Å². The summed E-state index contributed by atoms with van der Waals surface area (Å²) < 4.78 is 0. The van der Waals surface area contributed by atoms with Gasteiger partial charge in [0.25, 0.3) is 0 Å². The highest BCUT2D eigenvalue weighted by Gasteiger charge is 2.32. The van der Waals surface area contributed by atoms with Gasteiger partial charge in [-0.05, 0) is 43.2 Å². The number of hydrogen-bond donors (Lipinski definition) is 2. The molecule has 0 radical (unpaired) electrons. The van der Waals surface area contributed by atoms with E-state index < -0.39 is 0 Å². The van der Waals surface area contributed by atoms with Gasteiger partial charge in [0.2, 0.25) is 0 Å². The molecule has 2 atom stereocenters. The van der Waals surface area contributed by atoms with E-state index in [1.165, 1.54) is 16.7 Å². The molecular weight excluding hydrogens is 348 g/mol. The van der Waals surface area contributed by atoms with Crippen LogP contribution < -0.4 is 0 Å². The number of likely N-dealkylation sites (tertiary alicyclic amines) is 1. The number of aliphatic hydroxyl groups excluding tert-OH is 2. The van der Waals surface area contributed by atoms with Gasteiger partial charge in [-0.1, -0.05) is 35.9 Å². The first-order chi connectivity index (χ1) is 13.6. The number of pyridine rings is 1. The van der Waals surface area contributed by atoms with Gasteiger partial charge >= 0.3 is 0 Å². The first-order valence-electron chi connectivity index (χ1n) is 9.98. The van der Waals surface area contributed by atoms with Gasteiger partial charge in [0.05, 0.1) is 11.2 Å². The smallest absolute Gasteiger partial charge is 0.0754 e. The maximum Gasteiger partial charge on any atom is 0.0754 e. The Labute approximate surface area is 166 Å². The van der Waals surface area contributed by atoms with Gasteiger partial charge in [-0.15, -0.1) is 0 Å². The van der Waals surface area contributed by atoms with Crippen LogP contribution in [0.3, 0.4) is 0 Å². The summed E-state index contributed by atoms with van der Waals surface area (Å²) in [5.74, 6) is 0.284. The summed E-state index contributed by atoms with van der Waals surface area (Å²) in [5.41, 5.74) is 6.79. The molecule has 1 aromatic heterocycles. The average Bonchev–Trinajstić information content (AvgIpc) is 3.09. The van der Waals surface area contributed by atoms with Crippen LogP contribution in [0.4, 0.5) is 0 Å².